The molecule has 18 heavy (non-hydrogen) atoms. The van der Waals surface area contributed by atoms with Crippen LogP contribution in [0.5, 0.6) is 0 Å². The Hall–Kier alpha value is -0.290. The lowest BCUT2D eigenvalue weighted by atomic mass is 9.77. The minimum Gasteiger partial charge on any atom is -0.396 e. The maximum absolute atomic E-state index is 12.1. The van der Waals surface area contributed by atoms with E-state index >= 15 is 0 Å². The van der Waals surface area contributed by atoms with E-state index in [-0.39, 0.29) is 18.4 Å². The molecule has 0 aromatic rings. The molecule has 1 fully saturated rings. The van der Waals surface area contributed by atoms with Gasteiger partial charge in [0.05, 0.1) is 0 Å². The predicted molar refractivity (Wildman–Crippen MR) is 65.4 cm³/mol. The van der Waals surface area contributed by atoms with Gasteiger partial charge in [-0.2, -0.15) is 13.2 Å². The van der Waals surface area contributed by atoms with Crippen molar-refractivity contribution >= 4 is 0 Å². The molecule has 1 saturated heterocycles. The van der Waals surface area contributed by atoms with E-state index in [1.807, 2.05) is 0 Å². The molecular formula is C13H24F3NO. The second kappa shape index (κ2) is 6.75. The van der Waals surface area contributed by atoms with Crippen molar-refractivity contribution in [1.82, 2.24) is 4.90 Å². The average Bonchev–Trinajstić information content (AvgIpc) is 2.28. The molecular weight excluding hydrogens is 243 g/mol. The SMILES string of the molecule is CCC[C@@]1(CO)CCCN(CCCC(F)(F)F)C1. The van der Waals surface area contributed by atoms with Crippen LogP contribution >= 0.6 is 0 Å². The normalized spacial score (nSPS) is 26.5. The van der Waals surface area contributed by atoms with Gasteiger partial charge in [0.15, 0.2) is 0 Å². The number of likely N-dealkylation sites (tertiary alicyclic amines) is 1. The van der Waals surface area contributed by atoms with E-state index < -0.39 is 12.6 Å². The van der Waals surface area contributed by atoms with E-state index in [1.54, 1.807) is 0 Å². The van der Waals surface area contributed by atoms with Gasteiger partial charge in [-0.05, 0) is 38.8 Å². The largest absolute Gasteiger partial charge is 0.396 e. The first-order valence-electron chi connectivity index (χ1n) is 6.81. The summed E-state index contributed by atoms with van der Waals surface area (Å²) in [6, 6.07) is 0. The first-order valence-corrected chi connectivity index (χ1v) is 6.81. The molecule has 1 aliphatic heterocycles. The number of hydrogen-bond donors (Lipinski definition) is 1. The predicted octanol–water partition coefficient (Wildman–Crippen LogP) is 3.20. The van der Waals surface area contributed by atoms with Crippen LogP contribution in [-0.2, 0) is 0 Å². The third-order valence-electron chi connectivity index (χ3n) is 3.79. The Balaban J connectivity index is 2.38. The number of halogens is 3. The van der Waals surface area contributed by atoms with Crippen molar-refractivity contribution in [2.45, 2.75) is 51.6 Å². The Labute approximate surface area is 107 Å². The van der Waals surface area contributed by atoms with Crippen LogP contribution in [-0.4, -0.2) is 42.4 Å². The highest BCUT2D eigenvalue weighted by molar-refractivity contribution is 4.86. The second-order valence-corrected chi connectivity index (χ2v) is 5.51. The molecule has 0 aromatic heterocycles. The summed E-state index contributed by atoms with van der Waals surface area (Å²) in [5.74, 6) is 0. The summed E-state index contributed by atoms with van der Waals surface area (Å²) in [6.07, 6.45) is -0.649. The minimum absolute atomic E-state index is 0.0781. The Morgan fingerprint density at radius 1 is 1.33 bits per heavy atom. The average molecular weight is 267 g/mol. The van der Waals surface area contributed by atoms with Gasteiger partial charge in [-0.3, -0.25) is 0 Å². The smallest absolute Gasteiger partial charge is 0.389 e. The van der Waals surface area contributed by atoms with Crippen molar-refractivity contribution in [3.63, 3.8) is 0 Å². The molecule has 0 unspecified atom stereocenters. The number of piperidine rings is 1. The summed E-state index contributed by atoms with van der Waals surface area (Å²) in [6.45, 7) is 4.33. The Kier molecular flexibility index (Phi) is 5.92. The topological polar surface area (TPSA) is 23.5 Å². The number of hydrogen-bond acceptors (Lipinski definition) is 2. The molecule has 5 heteroatoms. The maximum atomic E-state index is 12.1. The zero-order valence-corrected chi connectivity index (χ0v) is 11.1. The summed E-state index contributed by atoms with van der Waals surface area (Å²) in [7, 11) is 0. The molecule has 0 radical (unpaired) electrons. The van der Waals surface area contributed by atoms with Crippen molar-refractivity contribution in [3.8, 4) is 0 Å². The third kappa shape index (κ3) is 5.14. The van der Waals surface area contributed by atoms with Crippen LogP contribution in [0.25, 0.3) is 0 Å². The lowest BCUT2D eigenvalue weighted by Gasteiger charge is -2.42. The molecule has 1 rings (SSSR count). The van der Waals surface area contributed by atoms with Crippen LogP contribution in [0.15, 0.2) is 0 Å². The van der Waals surface area contributed by atoms with Gasteiger partial charge >= 0.3 is 6.18 Å². The van der Waals surface area contributed by atoms with Gasteiger partial charge in [-0.1, -0.05) is 13.3 Å². The number of alkyl halides is 3. The van der Waals surface area contributed by atoms with Gasteiger partial charge in [0.2, 0.25) is 0 Å². The summed E-state index contributed by atoms with van der Waals surface area (Å²) >= 11 is 0. The number of aliphatic hydroxyl groups is 1. The van der Waals surface area contributed by atoms with Gasteiger partial charge in [-0.15, -0.1) is 0 Å². The summed E-state index contributed by atoms with van der Waals surface area (Å²) in [5.41, 5.74) is -0.0781. The highest BCUT2D eigenvalue weighted by atomic mass is 19.4. The van der Waals surface area contributed by atoms with Crippen LogP contribution in [0, 0.1) is 5.41 Å². The molecule has 0 saturated carbocycles. The molecule has 1 atom stereocenters. The lowest BCUT2D eigenvalue weighted by molar-refractivity contribution is -0.136. The molecule has 1 heterocycles. The Bertz CT molecular complexity index is 241. The van der Waals surface area contributed by atoms with Crippen molar-refractivity contribution in [2.24, 2.45) is 5.41 Å². The fourth-order valence-electron chi connectivity index (χ4n) is 2.95. The zero-order valence-electron chi connectivity index (χ0n) is 11.1. The van der Waals surface area contributed by atoms with Crippen LogP contribution in [0.2, 0.25) is 0 Å². The third-order valence-corrected chi connectivity index (χ3v) is 3.79. The quantitative estimate of drug-likeness (QED) is 0.799. The van der Waals surface area contributed by atoms with Crippen molar-refractivity contribution in [3.05, 3.63) is 0 Å². The molecule has 2 nitrogen and oxygen atoms in total. The second-order valence-electron chi connectivity index (χ2n) is 5.51. The molecule has 0 bridgehead atoms. The highest BCUT2D eigenvalue weighted by Crippen LogP contribution is 2.34. The standard InChI is InChI=1S/C13H24F3NO/c1-2-5-12(11-18)6-3-8-17(10-12)9-4-7-13(14,15)16/h18H,2-11H2,1H3/t12-/m1/s1. The summed E-state index contributed by atoms with van der Waals surface area (Å²) in [4.78, 5) is 2.08. The van der Waals surface area contributed by atoms with E-state index in [0.717, 1.165) is 38.8 Å². The van der Waals surface area contributed by atoms with E-state index in [1.165, 1.54) is 0 Å². The molecule has 0 spiro atoms. The Morgan fingerprint density at radius 3 is 2.61 bits per heavy atom. The summed E-state index contributed by atoms with van der Waals surface area (Å²) < 4.78 is 36.3. The van der Waals surface area contributed by atoms with Crippen molar-refractivity contribution < 1.29 is 18.3 Å². The van der Waals surface area contributed by atoms with E-state index in [4.69, 9.17) is 0 Å². The van der Waals surface area contributed by atoms with Gasteiger partial charge in [0.25, 0.3) is 0 Å². The maximum Gasteiger partial charge on any atom is 0.389 e. The van der Waals surface area contributed by atoms with Crippen LogP contribution in [0.4, 0.5) is 13.2 Å². The Morgan fingerprint density at radius 2 is 2.06 bits per heavy atom. The molecule has 0 aliphatic carbocycles. The van der Waals surface area contributed by atoms with Crippen molar-refractivity contribution in [2.75, 3.05) is 26.2 Å². The van der Waals surface area contributed by atoms with Crippen LogP contribution < -0.4 is 0 Å². The molecule has 0 aromatic carbocycles. The molecule has 1 aliphatic rings. The minimum atomic E-state index is -4.05. The number of aliphatic hydroxyl groups excluding tert-OH is 1. The van der Waals surface area contributed by atoms with Crippen molar-refractivity contribution in [1.29, 1.82) is 0 Å². The van der Waals surface area contributed by atoms with Gasteiger partial charge < -0.3 is 10.0 Å². The van der Waals surface area contributed by atoms with E-state index in [0.29, 0.717) is 6.54 Å². The summed E-state index contributed by atoms with van der Waals surface area (Å²) in [5, 5.41) is 9.54. The lowest BCUT2D eigenvalue weighted by Crippen LogP contribution is -2.45. The molecule has 0 amide bonds. The monoisotopic (exact) mass is 267 g/mol. The van der Waals surface area contributed by atoms with E-state index in [9.17, 15) is 18.3 Å². The highest BCUT2D eigenvalue weighted by Gasteiger charge is 2.34. The first kappa shape index (κ1) is 15.8. The van der Waals surface area contributed by atoms with Crippen LogP contribution in [0.1, 0.15) is 45.4 Å². The van der Waals surface area contributed by atoms with E-state index in [2.05, 4.69) is 11.8 Å². The van der Waals surface area contributed by atoms with Gasteiger partial charge in [0.1, 0.15) is 0 Å². The van der Waals surface area contributed by atoms with Gasteiger partial charge in [0, 0.05) is 25.0 Å². The fourth-order valence-corrected chi connectivity index (χ4v) is 2.95. The fraction of sp³-hybridized carbons (Fsp3) is 1.00. The number of rotatable bonds is 6. The van der Waals surface area contributed by atoms with Crippen LogP contribution in [0.3, 0.4) is 0 Å². The molecule has 1 N–H and O–H groups in total. The van der Waals surface area contributed by atoms with Gasteiger partial charge in [-0.25, -0.2) is 0 Å². The zero-order chi connectivity index (χ0) is 13.6. The number of nitrogens with zero attached hydrogens (tertiary/aromatic N) is 1. The first-order chi connectivity index (χ1) is 8.41. The molecule has 108 valence electrons.